The number of aryl methyl sites for hydroxylation is 1. The summed E-state index contributed by atoms with van der Waals surface area (Å²) in [4.78, 5) is 0.229. The third-order valence-corrected chi connectivity index (χ3v) is 4.84. The van der Waals surface area contributed by atoms with E-state index in [9.17, 15) is 8.42 Å². The lowest BCUT2D eigenvalue weighted by atomic mass is 10.1. The molecule has 0 atom stereocenters. The topological polar surface area (TPSA) is 72.2 Å². The van der Waals surface area contributed by atoms with E-state index in [0.29, 0.717) is 17.1 Å². The molecule has 3 N–H and O–H groups in total. The Hall–Kier alpha value is -1.56. The molecule has 4 nitrogen and oxygen atoms in total. The van der Waals surface area contributed by atoms with Crippen LogP contribution in [0.1, 0.15) is 18.1 Å². The van der Waals surface area contributed by atoms with Crippen LogP contribution in [0.25, 0.3) is 0 Å². The standard InChI is InChI=1S/C15H17ClN2O2S/c1-2-12-6-7-14(17)9-15(12)21(19,20)18-10-11-4-3-5-13(16)8-11/h3-9,18H,2,10,17H2,1H3. The predicted octanol–water partition coefficient (Wildman–Crippen LogP) is 2.96. The Morgan fingerprint density at radius 1 is 1.19 bits per heavy atom. The average Bonchev–Trinajstić information content (AvgIpc) is 2.45. The van der Waals surface area contributed by atoms with Crippen LogP contribution in [0.5, 0.6) is 0 Å². The number of nitrogen functional groups attached to an aromatic ring is 1. The lowest BCUT2D eigenvalue weighted by Crippen LogP contribution is -2.24. The molecule has 0 amide bonds. The predicted molar refractivity (Wildman–Crippen MR) is 85.7 cm³/mol. The number of halogens is 1. The second kappa shape index (κ2) is 6.47. The third kappa shape index (κ3) is 3.97. The van der Waals surface area contributed by atoms with Crippen LogP contribution >= 0.6 is 11.6 Å². The van der Waals surface area contributed by atoms with E-state index < -0.39 is 10.0 Å². The van der Waals surface area contributed by atoms with E-state index >= 15 is 0 Å². The molecule has 0 radical (unpaired) electrons. The SMILES string of the molecule is CCc1ccc(N)cc1S(=O)(=O)NCc1cccc(Cl)c1. The van der Waals surface area contributed by atoms with Crippen LogP contribution in [0.4, 0.5) is 5.69 Å². The van der Waals surface area contributed by atoms with Gasteiger partial charge in [-0.25, -0.2) is 13.1 Å². The number of anilines is 1. The van der Waals surface area contributed by atoms with E-state index in [2.05, 4.69) is 4.72 Å². The largest absolute Gasteiger partial charge is 0.399 e. The second-order valence-electron chi connectivity index (χ2n) is 4.68. The highest BCUT2D eigenvalue weighted by Gasteiger charge is 2.17. The van der Waals surface area contributed by atoms with E-state index in [1.54, 1.807) is 30.3 Å². The zero-order valence-electron chi connectivity index (χ0n) is 11.6. The first-order chi connectivity index (χ1) is 9.92. The Labute approximate surface area is 130 Å². The number of benzene rings is 2. The summed E-state index contributed by atoms with van der Waals surface area (Å²) >= 11 is 5.89. The monoisotopic (exact) mass is 324 g/mol. The zero-order chi connectivity index (χ0) is 15.5. The highest BCUT2D eigenvalue weighted by molar-refractivity contribution is 7.89. The summed E-state index contributed by atoms with van der Waals surface area (Å²) in [7, 11) is -3.61. The lowest BCUT2D eigenvalue weighted by Gasteiger charge is -2.11. The number of sulfonamides is 1. The first-order valence-corrected chi connectivity index (χ1v) is 8.41. The van der Waals surface area contributed by atoms with Gasteiger partial charge in [-0.3, -0.25) is 0 Å². The number of nitrogens with two attached hydrogens (primary N) is 1. The van der Waals surface area contributed by atoms with Gasteiger partial charge in [0, 0.05) is 17.3 Å². The van der Waals surface area contributed by atoms with Crippen molar-refractivity contribution in [2.24, 2.45) is 0 Å². The Bertz CT molecular complexity index is 745. The fourth-order valence-corrected chi connectivity index (χ4v) is 3.59. The number of nitrogens with one attached hydrogen (secondary N) is 1. The van der Waals surface area contributed by atoms with Gasteiger partial charge < -0.3 is 5.73 Å². The summed E-state index contributed by atoms with van der Waals surface area (Å²) in [6.45, 7) is 2.09. The van der Waals surface area contributed by atoms with E-state index in [1.807, 2.05) is 13.0 Å². The summed E-state index contributed by atoms with van der Waals surface area (Å²) < 4.78 is 27.4. The molecule has 2 rings (SSSR count). The van der Waals surface area contributed by atoms with Gasteiger partial charge in [0.25, 0.3) is 0 Å². The molecule has 6 heteroatoms. The quantitative estimate of drug-likeness (QED) is 0.830. The maximum Gasteiger partial charge on any atom is 0.241 e. The van der Waals surface area contributed by atoms with Crippen molar-refractivity contribution >= 4 is 27.3 Å². The minimum atomic E-state index is -3.61. The molecule has 0 spiro atoms. The van der Waals surface area contributed by atoms with Gasteiger partial charge in [0.1, 0.15) is 0 Å². The van der Waals surface area contributed by atoms with Crippen LogP contribution in [0.15, 0.2) is 47.4 Å². The van der Waals surface area contributed by atoms with E-state index in [4.69, 9.17) is 17.3 Å². The normalized spacial score (nSPS) is 11.5. The molecular weight excluding hydrogens is 308 g/mol. The molecule has 0 aromatic heterocycles. The Balaban J connectivity index is 2.24. The van der Waals surface area contributed by atoms with Crippen molar-refractivity contribution < 1.29 is 8.42 Å². The van der Waals surface area contributed by atoms with Crippen LogP contribution < -0.4 is 10.5 Å². The summed E-state index contributed by atoms with van der Waals surface area (Å²) in [5, 5.41) is 0.574. The summed E-state index contributed by atoms with van der Waals surface area (Å²) in [6.07, 6.45) is 0.619. The Morgan fingerprint density at radius 2 is 1.95 bits per heavy atom. The van der Waals surface area contributed by atoms with Crippen molar-refractivity contribution in [2.75, 3.05) is 5.73 Å². The van der Waals surface area contributed by atoms with Crippen LogP contribution in [0.2, 0.25) is 5.02 Å². The van der Waals surface area contributed by atoms with Crippen LogP contribution in [-0.4, -0.2) is 8.42 Å². The first-order valence-electron chi connectivity index (χ1n) is 6.55. The lowest BCUT2D eigenvalue weighted by molar-refractivity contribution is 0.580. The minimum Gasteiger partial charge on any atom is -0.399 e. The Kier molecular flexibility index (Phi) is 4.88. The van der Waals surface area contributed by atoms with Crippen molar-refractivity contribution in [3.05, 3.63) is 58.6 Å². The summed E-state index contributed by atoms with van der Waals surface area (Å²) in [5.74, 6) is 0. The fraction of sp³-hybridized carbons (Fsp3) is 0.200. The molecule has 0 heterocycles. The third-order valence-electron chi connectivity index (χ3n) is 3.12. The van der Waals surface area contributed by atoms with Gasteiger partial charge in [0.2, 0.25) is 10.0 Å². The van der Waals surface area contributed by atoms with Gasteiger partial charge in [0.05, 0.1) is 4.90 Å². The molecule has 0 fully saturated rings. The molecule has 0 aliphatic heterocycles. The maximum absolute atomic E-state index is 12.4. The number of rotatable bonds is 5. The zero-order valence-corrected chi connectivity index (χ0v) is 13.2. The van der Waals surface area contributed by atoms with Gasteiger partial charge in [-0.1, -0.05) is 36.7 Å². The van der Waals surface area contributed by atoms with Crippen molar-refractivity contribution in [3.63, 3.8) is 0 Å². The van der Waals surface area contributed by atoms with E-state index in [1.165, 1.54) is 6.07 Å². The Morgan fingerprint density at radius 3 is 2.62 bits per heavy atom. The second-order valence-corrected chi connectivity index (χ2v) is 6.85. The first kappa shape index (κ1) is 15.8. The molecule has 0 saturated carbocycles. The van der Waals surface area contributed by atoms with Crippen LogP contribution in [0, 0.1) is 0 Å². The number of hydrogen-bond donors (Lipinski definition) is 2. The summed E-state index contributed by atoms with van der Waals surface area (Å²) in [6, 6.07) is 12.0. The molecule has 0 aliphatic carbocycles. The molecule has 0 bridgehead atoms. The van der Waals surface area contributed by atoms with Crippen molar-refractivity contribution in [2.45, 2.75) is 24.8 Å². The van der Waals surface area contributed by atoms with E-state index in [0.717, 1.165) is 11.1 Å². The van der Waals surface area contributed by atoms with Gasteiger partial charge in [-0.15, -0.1) is 0 Å². The van der Waals surface area contributed by atoms with Crippen LogP contribution in [0.3, 0.4) is 0 Å². The molecule has 0 aliphatic rings. The van der Waals surface area contributed by atoms with Crippen LogP contribution in [-0.2, 0) is 23.0 Å². The molecule has 0 saturated heterocycles. The van der Waals surface area contributed by atoms with Gasteiger partial charge >= 0.3 is 0 Å². The van der Waals surface area contributed by atoms with Crippen molar-refractivity contribution in [3.8, 4) is 0 Å². The molecule has 112 valence electrons. The molecule has 2 aromatic rings. The maximum atomic E-state index is 12.4. The van der Waals surface area contributed by atoms with E-state index in [-0.39, 0.29) is 11.4 Å². The highest BCUT2D eigenvalue weighted by Crippen LogP contribution is 2.20. The van der Waals surface area contributed by atoms with Crippen molar-refractivity contribution in [1.82, 2.24) is 4.72 Å². The molecule has 0 unspecified atom stereocenters. The highest BCUT2D eigenvalue weighted by atomic mass is 35.5. The van der Waals surface area contributed by atoms with Gasteiger partial charge in [-0.05, 0) is 41.8 Å². The molecule has 2 aromatic carbocycles. The van der Waals surface area contributed by atoms with Gasteiger partial charge in [0.15, 0.2) is 0 Å². The molecular formula is C15H17ClN2O2S. The average molecular weight is 325 g/mol. The van der Waals surface area contributed by atoms with Crippen molar-refractivity contribution in [1.29, 1.82) is 0 Å². The van der Waals surface area contributed by atoms with Gasteiger partial charge in [-0.2, -0.15) is 0 Å². The molecule has 21 heavy (non-hydrogen) atoms. The summed E-state index contributed by atoms with van der Waals surface area (Å²) in [5.41, 5.74) is 7.66. The smallest absolute Gasteiger partial charge is 0.241 e. The number of hydrogen-bond acceptors (Lipinski definition) is 3. The minimum absolute atomic E-state index is 0.181. The fourth-order valence-electron chi connectivity index (χ4n) is 2.02.